The van der Waals surface area contributed by atoms with Crippen molar-refractivity contribution >= 4 is 56.5 Å². The van der Waals surface area contributed by atoms with Crippen molar-refractivity contribution in [2.24, 2.45) is 0 Å². The Morgan fingerprint density at radius 1 is 0.750 bits per heavy atom. The lowest BCUT2D eigenvalue weighted by molar-refractivity contribution is -0.132. The summed E-state index contributed by atoms with van der Waals surface area (Å²) < 4.78 is 2.35. The molecule has 244 valence electrons. The molecule has 3 heterocycles. The van der Waals surface area contributed by atoms with E-state index in [2.05, 4.69) is 103 Å². The van der Waals surface area contributed by atoms with Gasteiger partial charge >= 0.3 is 5.97 Å². The Labute approximate surface area is 291 Å². The van der Waals surface area contributed by atoms with Gasteiger partial charge in [-0.3, -0.25) is 0 Å². The summed E-state index contributed by atoms with van der Waals surface area (Å²) in [5.41, 5.74) is 7.03. The fourth-order valence-corrected chi connectivity index (χ4v) is 9.07. The topological polar surface area (TPSA) is 66.0 Å². The number of hydrogen-bond acceptors (Lipinski definition) is 4. The van der Waals surface area contributed by atoms with Crippen LogP contribution in [0.2, 0.25) is 0 Å². The van der Waals surface area contributed by atoms with Crippen molar-refractivity contribution in [1.82, 2.24) is 4.57 Å². The summed E-state index contributed by atoms with van der Waals surface area (Å²) in [7, 11) is 0. The van der Waals surface area contributed by atoms with E-state index in [0.717, 1.165) is 59.5 Å². The van der Waals surface area contributed by atoms with Crippen LogP contribution in [0.25, 0.3) is 53.8 Å². The van der Waals surface area contributed by atoms with Gasteiger partial charge in [0.15, 0.2) is 0 Å². The van der Waals surface area contributed by atoms with Crippen molar-refractivity contribution < 1.29 is 9.90 Å². The number of para-hydroxylation sites is 2. The normalized spacial score (nSPS) is 11.8. The fraction of sp³-hybridized carbons (Fsp3) is 0.286. The molecule has 48 heavy (non-hydrogen) atoms. The molecule has 0 unspecified atom stereocenters. The molecule has 0 amide bonds. The molecule has 0 fully saturated rings. The van der Waals surface area contributed by atoms with Gasteiger partial charge < -0.3 is 9.67 Å². The fourth-order valence-electron chi connectivity index (χ4n) is 6.58. The molecule has 6 heteroatoms. The molecule has 0 bridgehead atoms. The maximum atomic E-state index is 11.8. The molecule has 0 saturated carbocycles. The van der Waals surface area contributed by atoms with Crippen molar-refractivity contribution in [3.05, 3.63) is 107 Å². The summed E-state index contributed by atoms with van der Waals surface area (Å²) in [6.07, 6.45) is 12.8. The first-order chi connectivity index (χ1) is 23.5. The number of nitriles is 1. The molecule has 0 aliphatic carbocycles. The predicted octanol–water partition coefficient (Wildman–Crippen LogP) is 12.5. The Hall–Kier alpha value is -4.44. The van der Waals surface area contributed by atoms with Crippen LogP contribution < -0.4 is 0 Å². The van der Waals surface area contributed by atoms with Gasteiger partial charge in [0.2, 0.25) is 0 Å². The van der Waals surface area contributed by atoms with Crippen molar-refractivity contribution in [1.29, 1.82) is 5.26 Å². The molecular weight excluding hydrogens is 629 g/mol. The number of fused-ring (bicyclic) bond motifs is 3. The van der Waals surface area contributed by atoms with E-state index in [1.807, 2.05) is 17.4 Å². The van der Waals surface area contributed by atoms with Gasteiger partial charge in [0.1, 0.15) is 11.6 Å². The third-order valence-corrected chi connectivity index (χ3v) is 11.6. The van der Waals surface area contributed by atoms with E-state index in [1.165, 1.54) is 68.4 Å². The number of hydrogen-bond donors (Lipinski definition) is 1. The number of aryl methyl sites for hydroxylation is 2. The molecule has 0 aliphatic heterocycles. The van der Waals surface area contributed by atoms with Crippen LogP contribution in [0.5, 0.6) is 0 Å². The smallest absolute Gasteiger partial charge is 0.346 e. The van der Waals surface area contributed by atoms with Gasteiger partial charge in [0.05, 0.1) is 11.0 Å². The Balaban J connectivity index is 1.45. The second-order valence-electron chi connectivity index (χ2n) is 12.5. The number of aliphatic carboxylic acids is 1. The lowest BCUT2D eigenvalue weighted by Gasteiger charge is -2.07. The number of rotatable bonds is 15. The summed E-state index contributed by atoms with van der Waals surface area (Å²) in [5, 5.41) is 21.7. The molecule has 0 aliphatic rings. The van der Waals surface area contributed by atoms with Gasteiger partial charge in [0.25, 0.3) is 0 Å². The van der Waals surface area contributed by atoms with Gasteiger partial charge in [0, 0.05) is 36.0 Å². The number of unbranched alkanes of at least 4 members (excludes halogenated alkanes) is 6. The Morgan fingerprint density at radius 3 is 2.12 bits per heavy atom. The summed E-state index contributed by atoms with van der Waals surface area (Å²) in [6.45, 7) is 4.45. The molecule has 1 N–H and O–H groups in total. The summed E-state index contributed by atoms with van der Waals surface area (Å²) >= 11 is 3.46. The van der Waals surface area contributed by atoms with E-state index < -0.39 is 5.97 Å². The molecule has 3 aromatic heterocycles. The number of carboxylic acids is 1. The Bertz CT molecular complexity index is 2110. The second kappa shape index (κ2) is 15.6. The second-order valence-corrected chi connectivity index (χ2v) is 14.6. The lowest BCUT2D eigenvalue weighted by atomic mass is 10.0. The number of carbonyl (C=O) groups is 1. The molecule has 6 aromatic rings. The van der Waals surface area contributed by atoms with Crippen LogP contribution in [0.15, 0.2) is 90.5 Å². The third kappa shape index (κ3) is 7.18. The van der Waals surface area contributed by atoms with Gasteiger partial charge in [-0.25, -0.2) is 4.79 Å². The van der Waals surface area contributed by atoms with Crippen molar-refractivity contribution in [3.8, 4) is 32.0 Å². The maximum Gasteiger partial charge on any atom is 0.346 e. The van der Waals surface area contributed by atoms with Gasteiger partial charge in [-0.15, -0.1) is 22.7 Å². The highest BCUT2D eigenvalue weighted by Gasteiger charge is 2.19. The standard InChI is InChI=1S/C42H42N2O2S2/c1-3-5-7-10-16-29-25-40(47-38(29)27-32(28-43)42(45)46)41-31(17-11-8-6-4-2)26-39(48-41)30-22-23-37-35(24-30)34-20-14-15-21-36(34)44(37)33-18-12-9-13-19-33/h9,12-15,18-27H,3-8,10-11,16-17H2,1-2H3,(H,45,46)/b32-27+. The van der Waals surface area contributed by atoms with Gasteiger partial charge in [-0.1, -0.05) is 94.8 Å². The van der Waals surface area contributed by atoms with Crippen LogP contribution in [0, 0.1) is 11.3 Å². The molecule has 4 nitrogen and oxygen atoms in total. The number of benzene rings is 3. The predicted molar refractivity (Wildman–Crippen MR) is 204 cm³/mol. The first-order valence-electron chi connectivity index (χ1n) is 17.2. The van der Waals surface area contributed by atoms with E-state index in [0.29, 0.717) is 0 Å². The highest BCUT2D eigenvalue weighted by molar-refractivity contribution is 7.24. The minimum Gasteiger partial charge on any atom is -0.477 e. The number of nitrogens with zero attached hydrogens (tertiary/aromatic N) is 2. The SMILES string of the molecule is CCCCCCc1cc(-c2sc(-c3ccc4c(c3)c3ccccc3n4-c3ccccc3)cc2CCCCCC)sc1/C=C(\C#N)C(=O)O. The summed E-state index contributed by atoms with van der Waals surface area (Å²) in [4.78, 5) is 16.3. The minimum absolute atomic E-state index is 0.215. The average Bonchev–Trinajstić information content (AvgIpc) is 3.81. The number of thiophene rings is 2. The summed E-state index contributed by atoms with van der Waals surface area (Å²) in [6, 6.07) is 32.6. The lowest BCUT2D eigenvalue weighted by Crippen LogP contribution is -1.97. The largest absolute Gasteiger partial charge is 0.477 e. The van der Waals surface area contributed by atoms with Crippen LogP contribution >= 0.6 is 22.7 Å². The van der Waals surface area contributed by atoms with E-state index >= 15 is 0 Å². The highest BCUT2D eigenvalue weighted by atomic mass is 32.1. The van der Waals surface area contributed by atoms with Crippen LogP contribution in [0.1, 0.15) is 81.2 Å². The van der Waals surface area contributed by atoms with E-state index in [1.54, 1.807) is 17.4 Å². The zero-order valence-corrected chi connectivity index (χ0v) is 29.4. The van der Waals surface area contributed by atoms with Crippen molar-refractivity contribution in [3.63, 3.8) is 0 Å². The minimum atomic E-state index is -1.18. The molecule has 0 atom stereocenters. The zero-order chi connectivity index (χ0) is 33.5. The highest BCUT2D eigenvalue weighted by Crippen LogP contribution is 2.45. The van der Waals surface area contributed by atoms with Crippen LogP contribution in [0.4, 0.5) is 0 Å². The quantitative estimate of drug-likeness (QED) is 0.0672. The molecular formula is C42H42N2O2S2. The third-order valence-electron chi connectivity index (χ3n) is 9.07. The van der Waals surface area contributed by atoms with Gasteiger partial charge in [-0.05, 0) is 90.9 Å². The number of carboxylic acid groups (broad SMARTS) is 1. The van der Waals surface area contributed by atoms with Crippen LogP contribution in [-0.4, -0.2) is 15.6 Å². The molecule has 0 spiro atoms. The molecule has 3 aromatic carbocycles. The first-order valence-corrected chi connectivity index (χ1v) is 18.9. The van der Waals surface area contributed by atoms with Gasteiger partial charge in [-0.2, -0.15) is 5.26 Å². The van der Waals surface area contributed by atoms with Crippen LogP contribution in [0.3, 0.4) is 0 Å². The van der Waals surface area contributed by atoms with E-state index in [4.69, 9.17) is 0 Å². The van der Waals surface area contributed by atoms with E-state index in [-0.39, 0.29) is 5.57 Å². The molecule has 0 radical (unpaired) electrons. The zero-order valence-electron chi connectivity index (χ0n) is 27.8. The average molecular weight is 671 g/mol. The number of aromatic nitrogens is 1. The van der Waals surface area contributed by atoms with Crippen molar-refractivity contribution in [2.45, 2.75) is 78.1 Å². The van der Waals surface area contributed by atoms with Crippen LogP contribution in [-0.2, 0) is 17.6 Å². The molecule has 0 saturated heterocycles. The summed E-state index contributed by atoms with van der Waals surface area (Å²) in [5.74, 6) is -1.18. The first kappa shape index (κ1) is 33.5. The van der Waals surface area contributed by atoms with Crippen molar-refractivity contribution in [2.75, 3.05) is 0 Å². The Morgan fingerprint density at radius 2 is 1.42 bits per heavy atom. The monoisotopic (exact) mass is 670 g/mol. The Kier molecular flexibility index (Phi) is 10.9. The molecule has 6 rings (SSSR count). The maximum absolute atomic E-state index is 11.8. The van der Waals surface area contributed by atoms with E-state index in [9.17, 15) is 15.2 Å².